The summed E-state index contributed by atoms with van der Waals surface area (Å²) in [5.41, 5.74) is 2.00. The Morgan fingerprint density at radius 3 is 2.05 bits per heavy atom. The number of carbonyl (C=O) groups is 1. The smallest absolute Gasteiger partial charge is 0.237 e. The first-order valence-electron chi connectivity index (χ1n) is 7.15. The van der Waals surface area contributed by atoms with Gasteiger partial charge < -0.3 is 4.90 Å². The van der Waals surface area contributed by atoms with Gasteiger partial charge in [-0.15, -0.1) is 0 Å². The minimum Gasteiger partial charge on any atom is -0.339 e. The summed E-state index contributed by atoms with van der Waals surface area (Å²) in [5.74, 6) is 0.163. The molecule has 108 valence electrons. The molecule has 1 heterocycles. The van der Waals surface area contributed by atoms with Crippen LogP contribution >= 0.6 is 11.8 Å². The van der Waals surface area contributed by atoms with Crippen LogP contribution in [-0.4, -0.2) is 26.5 Å². The van der Waals surface area contributed by atoms with Gasteiger partial charge in [-0.3, -0.25) is 9.69 Å². The zero-order valence-electron chi connectivity index (χ0n) is 12.3. The molecule has 1 N–H and O–H groups in total. The number of para-hydroxylation sites is 2. The van der Waals surface area contributed by atoms with Crippen LogP contribution in [0.4, 0.5) is 11.4 Å². The second-order valence-corrected chi connectivity index (χ2v) is 6.56. The molecule has 0 aromatic heterocycles. The number of amides is 1. The number of fused-ring (bicyclic) bond motifs is 2. The standard InChI is InChI=1S/C17H18N2OS/c1-18(2)12-11-17(20)19-13-7-3-5-9-15(13)21-16-10-6-4-8-14(16)19/h3-10H,11-12H2,1-2H3/p+1. The van der Waals surface area contributed by atoms with Gasteiger partial charge in [-0.1, -0.05) is 36.0 Å². The van der Waals surface area contributed by atoms with Crippen molar-refractivity contribution in [1.29, 1.82) is 0 Å². The fraction of sp³-hybridized carbons (Fsp3) is 0.235. The molecule has 0 saturated heterocycles. The number of rotatable bonds is 3. The molecule has 1 amide bonds. The zero-order chi connectivity index (χ0) is 14.8. The molecule has 2 aromatic rings. The van der Waals surface area contributed by atoms with Crippen LogP contribution in [0.1, 0.15) is 6.42 Å². The Balaban J connectivity index is 2.00. The van der Waals surface area contributed by atoms with E-state index in [0.717, 1.165) is 27.7 Å². The molecule has 0 saturated carbocycles. The van der Waals surface area contributed by atoms with E-state index in [9.17, 15) is 4.79 Å². The maximum Gasteiger partial charge on any atom is 0.237 e. The third-order valence-electron chi connectivity index (χ3n) is 3.52. The number of hydrogen-bond donors (Lipinski definition) is 1. The summed E-state index contributed by atoms with van der Waals surface area (Å²) in [6, 6.07) is 16.2. The highest BCUT2D eigenvalue weighted by Crippen LogP contribution is 2.47. The van der Waals surface area contributed by atoms with Gasteiger partial charge in [0.05, 0.1) is 38.4 Å². The molecule has 21 heavy (non-hydrogen) atoms. The van der Waals surface area contributed by atoms with Gasteiger partial charge in [0.15, 0.2) is 0 Å². The molecule has 3 nitrogen and oxygen atoms in total. The molecule has 0 spiro atoms. The highest BCUT2D eigenvalue weighted by atomic mass is 32.2. The Hall–Kier alpha value is -1.78. The van der Waals surface area contributed by atoms with Gasteiger partial charge in [0, 0.05) is 9.79 Å². The summed E-state index contributed by atoms with van der Waals surface area (Å²) in [6.07, 6.45) is 0.551. The van der Waals surface area contributed by atoms with Crippen LogP contribution < -0.4 is 9.80 Å². The SMILES string of the molecule is C[NH+](C)CCC(=O)N1c2ccccc2Sc2ccccc21. The minimum absolute atomic E-state index is 0.163. The van der Waals surface area contributed by atoms with Crippen molar-refractivity contribution in [2.75, 3.05) is 25.5 Å². The summed E-state index contributed by atoms with van der Waals surface area (Å²) >= 11 is 1.73. The number of hydrogen-bond acceptors (Lipinski definition) is 2. The number of benzene rings is 2. The van der Waals surface area contributed by atoms with E-state index in [-0.39, 0.29) is 5.91 Å². The predicted molar refractivity (Wildman–Crippen MR) is 86.4 cm³/mol. The second kappa shape index (κ2) is 5.92. The first-order valence-corrected chi connectivity index (χ1v) is 7.96. The van der Waals surface area contributed by atoms with E-state index >= 15 is 0 Å². The van der Waals surface area contributed by atoms with Gasteiger partial charge >= 0.3 is 0 Å². The van der Waals surface area contributed by atoms with Crippen molar-refractivity contribution in [3.05, 3.63) is 48.5 Å². The average Bonchev–Trinajstić information content (AvgIpc) is 2.50. The Kier molecular flexibility index (Phi) is 3.99. The summed E-state index contributed by atoms with van der Waals surface area (Å²) < 4.78 is 0. The number of nitrogens with one attached hydrogen (secondary N) is 1. The lowest BCUT2D eigenvalue weighted by Gasteiger charge is -2.31. The van der Waals surface area contributed by atoms with Gasteiger partial charge in [0.25, 0.3) is 0 Å². The van der Waals surface area contributed by atoms with Crippen molar-refractivity contribution in [2.24, 2.45) is 0 Å². The summed E-state index contributed by atoms with van der Waals surface area (Å²) in [7, 11) is 4.14. The van der Waals surface area contributed by atoms with E-state index < -0.39 is 0 Å². The van der Waals surface area contributed by atoms with E-state index in [4.69, 9.17) is 0 Å². The molecule has 0 atom stereocenters. The third kappa shape index (κ3) is 2.82. The maximum atomic E-state index is 12.7. The lowest BCUT2D eigenvalue weighted by atomic mass is 10.2. The third-order valence-corrected chi connectivity index (χ3v) is 4.65. The molecule has 0 aliphatic carbocycles. The van der Waals surface area contributed by atoms with E-state index in [1.54, 1.807) is 11.8 Å². The highest BCUT2D eigenvalue weighted by molar-refractivity contribution is 7.99. The van der Waals surface area contributed by atoms with Crippen LogP contribution in [0.15, 0.2) is 58.3 Å². The lowest BCUT2D eigenvalue weighted by Crippen LogP contribution is -3.05. The topological polar surface area (TPSA) is 24.8 Å². The van der Waals surface area contributed by atoms with Crippen molar-refractivity contribution in [3.63, 3.8) is 0 Å². The largest absolute Gasteiger partial charge is 0.339 e. The molecule has 0 bridgehead atoms. The van der Waals surface area contributed by atoms with Gasteiger partial charge in [0.1, 0.15) is 0 Å². The molecule has 0 radical (unpaired) electrons. The van der Waals surface area contributed by atoms with E-state index in [0.29, 0.717) is 6.42 Å². The molecule has 1 aliphatic rings. The Labute approximate surface area is 129 Å². The van der Waals surface area contributed by atoms with Crippen LogP contribution in [0, 0.1) is 0 Å². The first-order chi connectivity index (χ1) is 10.2. The molecule has 2 aromatic carbocycles. The van der Waals surface area contributed by atoms with Crippen LogP contribution in [0.3, 0.4) is 0 Å². The van der Waals surface area contributed by atoms with Crippen molar-refractivity contribution in [2.45, 2.75) is 16.2 Å². The fourth-order valence-corrected chi connectivity index (χ4v) is 3.50. The van der Waals surface area contributed by atoms with Crippen molar-refractivity contribution < 1.29 is 9.69 Å². The van der Waals surface area contributed by atoms with Crippen LogP contribution in [0.5, 0.6) is 0 Å². The molecule has 0 unspecified atom stereocenters. The van der Waals surface area contributed by atoms with Crippen LogP contribution in [0.25, 0.3) is 0 Å². The monoisotopic (exact) mass is 299 g/mol. The Morgan fingerprint density at radius 1 is 1.00 bits per heavy atom. The fourth-order valence-electron chi connectivity index (χ4n) is 2.44. The average molecular weight is 299 g/mol. The van der Waals surface area contributed by atoms with Gasteiger partial charge in [-0.25, -0.2) is 0 Å². The number of anilines is 2. The van der Waals surface area contributed by atoms with Gasteiger partial charge in [0.2, 0.25) is 5.91 Å². The van der Waals surface area contributed by atoms with Gasteiger partial charge in [-0.2, -0.15) is 0 Å². The number of quaternary nitrogens is 1. The maximum absolute atomic E-state index is 12.7. The van der Waals surface area contributed by atoms with E-state index in [1.165, 1.54) is 4.90 Å². The minimum atomic E-state index is 0.163. The Bertz CT molecular complexity index is 624. The zero-order valence-corrected chi connectivity index (χ0v) is 13.1. The van der Waals surface area contributed by atoms with Gasteiger partial charge in [-0.05, 0) is 24.3 Å². The molecule has 1 aliphatic heterocycles. The molecule has 3 rings (SSSR count). The lowest BCUT2D eigenvalue weighted by molar-refractivity contribution is -0.857. The molecular weight excluding hydrogens is 280 g/mol. The molecular formula is C17H19N2OS+. The quantitative estimate of drug-likeness (QED) is 0.941. The summed E-state index contributed by atoms with van der Waals surface area (Å²) in [4.78, 5) is 18.2. The van der Waals surface area contributed by atoms with Crippen LogP contribution in [0.2, 0.25) is 0 Å². The van der Waals surface area contributed by atoms with E-state index in [2.05, 4.69) is 26.2 Å². The Morgan fingerprint density at radius 2 is 1.52 bits per heavy atom. The normalized spacial score (nSPS) is 13.0. The molecule has 4 heteroatoms. The number of nitrogens with zero attached hydrogens (tertiary/aromatic N) is 1. The first kappa shape index (κ1) is 14.2. The highest BCUT2D eigenvalue weighted by Gasteiger charge is 2.27. The predicted octanol–water partition coefficient (Wildman–Crippen LogP) is 2.35. The summed E-state index contributed by atoms with van der Waals surface area (Å²) in [5, 5.41) is 0. The van der Waals surface area contributed by atoms with Crippen molar-refractivity contribution >= 4 is 29.0 Å². The number of carbonyl (C=O) groups excluding carboxylic acids is 1. The van der Waals surface area contributed by atoms with E-state index in [1.807, 2.05) is 41.3 Å². The second-order valence-electron chi connectivity index (χ2n) is 5.47. The van der Waals surface area contributed by atoms with Crippen LogP contribution in [-0.2, 0) is 4.79 Å². The molecule has 0 fully saturated rings. The van der Waals surface area contributed by atoms with Crippen molar-refractivity contribution in [1.82, 2.24) is 0 Å². The summed E-state index contributed by atoms with van der Waals surface area (Å²) in [6.45, 7) is 0.840. The van der Waals surface area contributed by atoms with Crippen molar-refractivity contribution in [3.8, 4) is 0 Å².